The number of rotatable bonds is 9. The second kappa shape index (κ2) is 9.83. The third-order valence-corrected chi connectivity index (χ3v) is 5.37. The highest BCUT2D eigenvalue weighted by molar-refractivity contribution is 5.93. The fraction of sp³-hybridized carbons (Fsp3) is 0.417. The van der Waals surface area contributed by atoms with Gasteiger partial charge in [-0.15, -0.1) is 0 Å². The summed E-state index contributed by atoms with van der Waals surface area (Å²) in [5.41, 5.74) is 1.10. The molecule has 0 radical (unpaired) electrons. The van der Waals surface area contributed by atoms with E-state index in [0.29, 0.717) is 24.8 Å². The fourth-order valence-corrected chi connectivity index (χ4v) is 3.72. The van der Waals surface area contributed by atoms with Crippen molar-refractivity contribution < 1.29 is 18.5 Å². The Morgan fingerprint density at radius 1 is 1.19 bits per heavy atom. The number of nitrogens with zero attached hydrogens (tertiary/aromatic N) is 2. The zero-order valence-electron chi connectivity index (χ0n) is 18.0. The molecule has 0 bridgehead atoms. The number of nitrogens with one attached hydrogen (secondary N) is 1. The van der Waals surface area contributed by atoms with Crippen LogP contribution in [0.15, 0.2) is 57.7 Å². The molecule has 1 aliphatic rings. The maximum absolute atomic E-state index is 12.7. The van der Waals surface area contributed by atoms with E-state index in [1.165, 1.54) is 12.8 Å². The minimum absolute atomic E-state index is 0.0196. The Morgan fingerprint density at radius 2 is 1.97 bits per heavy atom. The van der Waals surface area contributed by atoms with Crippen LogP contribution in [0.1, 0.15) is 49.0 Å². The van der Waals surface area contributed by atoms with E-state index < -0.39 is 0 Å². The standard InChI is InChI=1S/C24H29N3O4/c1-17(2)16-30-19-9-7-18(8-10-19)23-14-20(26-31-23)24(28)25-15-21(22-6-5-13-29-22)27-11-3-4-12-27/h5-10,13-14,17,21H,3-4,11-12,15-16H2,1-2H3,(H,25,28). The van der Waals surface area contributed by atoms with Crippen molar-refractivity contribution in [3.8, 4) is 17.1 Å². The van der Waals surface area contributed by atoms with Crippen molar-refractivity contribution in [2.45, 2.75) is 32.7 Å². The summed E-state index contributed by atoms with van der Waals surface area (Å²) >= 11 is 0. The third kappa shape index (κ3) is 5.35. The van der Waals surface area contributed by atoms with Gasteiger partial charge < -0.3 is 19.0 Å². The van der Waals surface area contributed by atoms with Gasteiger partial charge in [0.2, 0.25) is 0 Å². The smallest absolute Gasteiger partial charge is 0.273 e. The second-order valence-corrected chi connectivity index (χ2v) is 8.29. The number of carbonyl (C=O) groups is 1. The van der Waals surface area contributed by atoms with Crippen molar-refractivity contribution in [3.63, 3.8) is 0 Å². The molecule has 0 spiro atoms. The molecular formula is C24H29N3O4. The first-order valence-corrected chi connectivity index (χ1v) is 10.9. The Bertz CT molecular complexity index is 957. The molecule has 3 aromatic rings. The molecule has 1 saturated heterocycles. The molecule has 0 saturated carbocycles. The maximum Gasteiger partial charge on any atom is 0.273 e. The molecule has 2 aromatic heterocycles. The Balaban J connectivity index is 1.37. The largest absolute Gasteiger partial charge is 0.493 e. The summed E-state index contributed by atoms with van der Waals surface area (Å²) < 4.78 is 16.7. The zero-order chi connectivity index (χ0) is 21.6. The highest BCUT2D eigenvalue weighted by Gasteiger charge is 2.26. The van der Waals surface area contributed by atoms with Gasteiger partial charge in [-0.25, -0.2) is 0 Å². The van der Waals surface area contributed by atoms with Crippen molar-refractivity contribution in [1.29, 1.82) is 0 Å². The highest BCUT2D eigenvalue weighted by atomic mass is 16.5. The number of furan rings is 1. The predicted octanol–water partition coefficient (Wildman–Crippen LogP) is 4.54. The summed E-state index contributed by atoms with van der Waals surface area (Å²) in [6, 6.07) is 13.1. The lowest BCUT2D eigenvalue weighted by Gasteiger charge is -2.25. The van der Waals surface area contributed by atoms with Crippen LogP contribution in [0.25, 0.3) is 11.3 Å². The number of hydrogen-bond donors (Lipinski definition) is 1. The van der Waals surface area contributed by atoms with Crippen molar-refractivity contribution in [1.82, 2.24) is 15.4 Å². The van der Waals surface area contributed by atoms with Crippen LogP contribution in [0.4, 0.5) is 0 Å². The molecule has 7 nitrogen and oxygen atoms in total. The van der Waals surface area contributed by atoms with Gasteiger partial charge in [0, 0.05) is 18.2 Å². The molecule has 4 rings (SSSR count). The maximum atomic E-state index is 12.7. The Kier molecular flexibility index (Phi) is 6.72. The van der Waals surface area contributed by atoms with E-state index in [1.54, 1.807) is 12.3 Å². The van der Waals surface area contributed by atoms with Crippen molar-refractivity contribution in [2.24, 2.45) is 5.92 Å². The van der Waals surface area contributed by atoms with Gasteiger partial charge in [-0.3, -0.25) is 9.69 Å². The normalized spacial score (nSPS) is 15.3. The van der Waals surface area contributed by atoms with E-state index in [1.807, 2.05) is 36.4 Å². The lowest BCUT2D eigenvalue weighted by atomic mass is 10.1. The minimum Gasteiger partial charge on any atom is -0.493 e. The first kappa shape index (κ1) is 21.2. The molecule has 1 aromatic carbocycles. The van der Waals surface area contributed by atoms with E-state index >= 15 is 0 Å². The monoisotopic (exact) mass is 423 g/mol. The van der Waals surface area contributed by atoms with Gasteiger partial charge in [0.15, 0.2) is 11.5 Å². The predicted molar refractivity (Wildman–Crippen MR) is 117 cm³/mol. The van der Waals surface area contributed by atoms with Crippen molar-refractivity contribution >= 4 is 5.91 Å². The Labute approximate surface area is 182 Å². The molecular weight excluding hydrogens is 394 g/mol. The number of ether oxygens (including phenoxy) is 1. The molecule has 31 heavy (non-hydrogen) atoms. The lowest BCUT2D eigenvalue weighted by Crippen LogP contribution is -2.36. The first-order chi connectivity index (χ1) is 15.1. The average Bonchev–Trinajstić information content (AvgIpc) is 3.55. The van der Waals surface area contributed by atoms with Gasteiger partial charge in [-0.2, -0.15) is 0 Å². The van der Waals surface area contributed by atoms with Gasteiger partial charge in [0.05, 0.1) is 18.9 Å². The van der Waals surface area contributed by atoms with Crippen LogP contribution in [0.3, 0.4) is 0 Å². The van der Waals surface area contributed by atoms with Crippen LogP contribution in [0, 0.1) is 5.92 Å². The summed E-state index contributed by atoms with van der Waals surface area (Å²) in [6.45, 7) is 7.35. The number of hydrogen-bond acceptors (Lipinski definition) is 6. The summed E-state index contributed by atoms with van der Waals surface area (Å²) in [7, 11) is 0. The van der Waals surface area contributed by atoms with Crippen molar-refractivity contribution in [2.75, 3.05) is 26.2 Å². The molecule has 7 heteroatoms. The second-order valence-electron chi connectivity index (χ2n) is 8.29. The minimum atomic E-state index is -0.261. The molecule has 1 atom stereocenters. The van der Waals surface area contributed by atoms with Gasteiger partial charge in [-0.05, 0) is 68.2 Å². The summed E-state index contributed by atoms with van der Waals surface area (Å²) in [6.07, 6.45) is 4.00. The number of aromatic nitrogens is 1. The molecule has 1 unspecified atom stereocenters. The van der Waals surface area contributed by atoms with Crippen molar-refractivity contribution in [3.05, 3.63) is 60.2 Å². The first-order valence-electron chi connectivity index (χ1n) is 10.9. The SMILES string of the molecule is CC(C)COc1ccc(-c2cc(C(=O)NCC(c3ccco3)N3CCCC3)no2)cc1. The van der Waals surface area contributed by atoms with Crippen LogP contribution in [0.5, 0.6) is 5.75 Å². The van der Waals surface area contributed by atoms with Crippen LogP contribution < -0.4 is 10.1 Å². The quantitative estimate of drug-likeness (QED) is 0.544. The van der Waals surface area contributed by atoms with E-state index in [9.17, 15) is 4.79 Å². The van der Waals surface area contributed by atoms with Crippen LogP contribution in [0.2, 0.25) is 0 Å². The number of likely N-dealkylation sites (tertiary alicyclic amines) is 1. The van der Waals surface area contributed by atoms with E-state index in [4.69, 9.17) is 13.7 Å². The molecule has 3 heterocycles. The lowest BCUT2D eigenvalue weighted by molar-refractivity contribution is 0.0925. The number of benzene rings is 1. The number of carbonyl (C=O) groups excluding carboxylic acids is 1. The zero-order valence-corrected chi connectivity index (χ0v) is 18.0. The Hall–Kier alpha value is -3.06. The van der Waals surface area contributed by atoms with Gasteiger partial charge in [-0.1, -0.05) is 19.0 Å². The third-order valence-electron chi connectivity index (χ3n) is 5.37. The van der Waals surface area contributed by atoms with Crippen LogP contribution in [-0.4, -0.2) is 42.2 Å². The van der Waals surface area contributed by atoms with Crippen LogP contribution >= 0.6 is 0 Å². The Morgan fingerprint density at radius 3 is 2.65 bits per heavy atom. The molecule has 1 amide bonds. The molecule has 1 N–H and O–H groups in total. The highest BCUT2D eigenvalue weighted by Crippen LogP contribution is 2.26. The van der Waals surface area contributed by atoms with E-state index in [2.05, 4.69) is 29.2 Å². The fourth-order valence-electron chi connectivity index (χ4n) is 3.72. The molecule has 0 aliphatic carbocycles. The summed E-state index contributed by atoms with van der Waals surface area (Å²) in [5, 5.41) is 6.94. The van der Waals surface area contributed by atoms with Crippen LogP contribution in [-0.2, 0) is 0 Å². The molecule has 1 aliphatic heterocycles. The molecule has 1 fully saturated rings. The van der Waals surface area contributed by atoms with E-state index in [0.717, 1.165) is 30.2 Å². The number of amides is 1. The summed E-state index contributed by atoms with van der Waals surface area (Å²) in [4.78, 5) is 15.0. The average molecular weight is 424 g/mol. The van der Waals surface area contributed by atoms with Gasteiger partial charge >= 0.3 is 0 Å². The van der Waals surface area contributed by atoms with Gasteiger partial charge in [0.25, 0.3) is 5.91 Å². The van der Waals surface area contributed by atoms with E-state index in [-0.39, 0.29) is 17.6 Å². The van der Waals surface area contributed by atoms with Gasteiger partial charge in [0.1, 0.15) is 11.5 Å². The molecule has 164 valence electrons. The summed E-state index contributed by atoms with van der Waals surface area (Å²) in [5.74, 6) is 2.42. The topological polar surface area (TPSA) is 80.7 Å².